The molecular formula is C17H17BrN4. The highest BCUT2D eigenvalue weighted by Crippen LogP contribution is 2.16. The first-order chi connectivity index (χ1) is 10.7. The zero-order valence-electron chi connectivity index (χ0n) is 12.3. The van der Waals surface area contributed by atoms with E-state index in [1.165, 1.54) is 17.5 Å². The Hall–Kier alpha value is -1.98. The molecule has 0 saturated heterocycles. The molecular weight excluding hydrogens is 340 g/mol. The molecule has 0 aliphatic rings. The molecule has 0 saturated carbocycles. The van der Waals surface area contributed by atoms with Crippen LogP contribution in [0.15, 0.2) is 65.7 Å². The van der Waals surface area contributed by atoms with Gasteiger partial charge in [0.25, 0.3) is 0 Å². The molecule has 4 nitrogen and oxygen atoms in total. The van der Waals surface area contributed by atoms with E-state index in [9.17, 15) is 0 Å². The van der Waals surface area contributed by atoms with E-state index in [0.717, 1.165) is 16.7 Å². The lowest BCUT2D eigenvalue weighted by atomic mass is 10.1. The van der Waals surface area contributed by atoms with Crippen LogP contribution in [0.2, 0.25) is 0 Å². The van der Waals surface area contributed by atoms with Crippen LogP contribution >= 0.6 is 15.9 Å². The molecule has 0 aliphatic heterocycles. The van der Waals surface area contributed by atoms with Gasteiger partial charge < -0.3 is 5.32 Å². The summed E-state index contributed by atoms with van der Waals surface area (Å²) in [4.78, 5) is 3.96. The van der Waals surface area contributed by atoms with Crippen molar-refractivity contribution in [1.29, 1.82) is 0 Å². The summed E-state index contributed by atoms with van der Waals surface area (Å²) in [6.45, 7) is 3.02. The monoisotopic (exact) mass is 356 g/mol. The summed E-state index contributed by atoms with van der Waals surface area (Å²) in [6.07, 6.45) is 3.24. The average molecular weight is 357 g/mol. The van der Waals surface area contributed by atoms with Crippen molar-refractivity contribution >= 4 is 15.9 Å². The highest BCUT2D eigenvalue weighted by atomic mass is 79.9. The maximum atomic E-state index is 4.13. The summed E-state index contributed by atoms with van der Waals surface area (Å²) >= 11 is 3.45. The standard InChI is InChI=1S/C17H17BrN4/c1-13(20-10-14-2-6-16(18)7-3-14)15-4-8-17(9-5-15)22-12-19-11-21-22/h2-9,11-13,20H,10H2,1H3. The van der Waals surface area contributed by atoms with Gasteiger partial charge in [0.15, 0.2) is 0 Å². The van der Waals surface area contributed by atoms with Crippen LogP contribution in [-0.2, 0) is 6.54 Å². The molecule has 3 aromatic rings. The summed E-state index contributed by atoms with van der Waals surface area (Å²) in [7, 11) is 0. The van der Waals surface area contributed by atoms with Crippen LogP contribution in [0.1, 0.15) is 24.1 Å². The van der Waals surface area contributed by atoms with Crippen molar-refractivity contribution in [2.24, 2.45) is 0 Å². The van der Waals surface area contributed by atoms with Gasteiger partial charge in [-0.1, -0.05) is 40.2 Å². The quantitative estimate of drug-likeness (QED) is 0.754. The molecule has 1 N–H and O–H groups in total. The number of aromatic nitrogens is 3. The first-order valence-corrected chi connectivity index (χ1v) is 7.94. The molecule has 2 aromatic carbocycles. The molecule has 1 atom stereocenters. The highest BCUT2D eigenvalue weighted by Gasteiger charge is 2.05. The average Bonchev–Trinajstić information content (AvgIpc) is 3.09. The van der Waals surface area contributed by atoms with E-state index < -0.39 is 0 Å². The van der Waals surface area contributed by atoms with Crippen molar-refractivity contribution in [1.82, 2.24) is 20.1 Å². The van der Waals surface area contributed by atoms with Gasteiger partial charge in [-0.2, -0.15) is 5.10 Å². The minimum atomic E-state index is 0.286. The third kappa shape index (κ3) is 3.61. The predicted molar refractivity (Wildman–Crippen MR) is 90.8 cm³/mol. The maximum Gasteiger partial charge on any atom is 0.138 e. The van der Waals surface area contributed by atoms with Crippen molar-refractivity contribution in [2.75, 3.05) is 0 Å². The molecule has 1 heterocycles. The highest BCUT2D eigenvalue weighted by molar-refractivity contribution is 9.10. The fraction of sp³-hybridized carbons (Fsp3) is 0.176. The molecule has 1 unspecified atom stereocenters. The van der Waals surface area contributed by atoms with E-state index >= 15 is 0 Å². The van der Waals surface area contributed by atoms with Crippen LogP contribution in [0.5, 0.6) is 0 Å². The van der Waals surface area contributed by atoms with Crippen molar-refractivity contribution < 1.29 is 0 Å². The number of hydrogen-bond donors (Lipinski definition) is 1. The molecule has 5 heteroatoms. The molecule has 3 rings (SSSR count). The van der Waals surface area contributed by atoms with E-state index in [1.54, 1.807) is 11.0 Å². The second-order valence-electron chi connectivity index (χ2n) is 5.16. The molecule has 0 amide bonds. The van der Waals surface area contributed by atoms with Gasteiger partial charge in [-0.3, -0.25) is 0 Å². The van der Waals surface area contributed by atoms with Crippen molar-refractivity contribution in [2.45, 2.75) is 19.5 Å². The van der Waals surface area contributed by atoms with Gasteiger partial charge in [0.05, 0.1) is 5.69 Å². The summed E-state index contributed by atoms with van der Waals surface area (Å²) < 4.78 is 2.86. The zero-order chi connectivity index (χ0) is 15.4. The molecule has 22 heavy (non-hydrogen) atoms. The fourth-order valence-corrected chi connectivity index (χ4v) is 2.51. The Labute approximate surface area is 138 Å². The van der Waals surface area contributed by atoms with E-state index in [2.05, 4.69) is 86.8 Å². The van der Waals surface area contributed by atoms with Crippen LogP contribution < -0.4 is 5.32 Å². The zero-order valence-corrected chi connectivity index (χ0v) is 13.9. The van der Waals surface area contributed by atoms with Gasteiger partial charge in [0, 0.05) is 17.1 Å². The predicted octanol–water partition coefficient (Wildman–Crippen LogP) is 3.88. The van der Waals surface area contributed by atoms with Crippen LogP contribution in [0.25, 0.3) is 5.69 Å². The molecule has 0 bridgehead atoms. The number of nitrogens with zero attached hydrogens (tertiary/aromatic N) is 3. The minimum absolute atomic E-state index is 0.286. The largest absolute Gasteiger partial charge is 0.306 e. The first-order valence-electron chi connectivity index (χ1n) is 7.15. The Kier molecular flexibility index (Phi) is 4.65. The van der Waals surface area contributed by atoms with Crippen LogP contribution in [-0.4, -0.2) is 14.8 Å². The Morgan fingerprint density at radius 2 is 1.82 bits per heavy atom. The van der Waals surface area contributed by atoms with Crippen LogP contribution in [0.3, 0.4) is 0 Å². The molecule has 0 spiro atoms. The second-order valence-corrected chi connectivity index (χ2v) is 6.08. The molecule has 0 fully saturated rings. The van der Waals surface area contributed by atoms with Gasteiger partial charge in [-0.15, -0.1) is 0 Å². The molecule has 0 aliphatic carbocycles. The van der Waals surface area contributed by atoms with Crippen LogP contribution in [0.4, 0.5) is 0 Å². The number of rotatable bonds is 5. The maximum absolute atomic E-state index is 4.13. The summed E-state index contributed by atoms with van der Waals surface area (Å²) in [5, 5.41) is 7.67. The second kappa shape index (κ2) is 6.85. The molecule has 112 valence electrons. The van der Waals surface area contributed by atoms with Gasteiger partial charge in [-0.25, -0.2) is 9.67 Å². The summed E-state index contributed by atoms with van der Waals surface area (Å²) in [5.41, 5.74) is 3.54. The molecule has 0 radical (unpaired) electrons. The molecule has 1 aromatic heterocycles. The van der Waals surface area contributed by atoms with E-state index in [1.807, 2.05) is 0 Å². The fourth-order valence-electron chi connectivity index (χ4n) is 2.25. The lowest BCUT2D eigenvalue weighted by Crippen LogP contribution is -2.18. The third-order valence-electron chi connectivity index (χ3n) is 3.60. The van der Waals surface area contributed by atoms with Crippen molar-refractivity contribution in [3.8, 4) is 5.69 Å². The van der Waals surface area contributed by atoms with E-state index in [4.69, 9.17) is 0 Å². The lowest BCUT2D eigenvalue weighted by Gasteiger charge is -2.15. The smallest absolute Gasteiger partial charge is 0.138 e. The Morgan fingerprint density at radius 1 is 1.09 bits per heavy atom. The Morgan fingerprint density at radius 3 is 2.45 bits per heavy atom. The van der Waals surface area contributed by atoms with Crippen molar-refractivity contribution in [3.63, 3.8) is 0 Å². The first kappa shape index (κ1) is 14.9. The Balaban J connectivity index is 1.62. The number of halogens is 1. The lowest BCUT2D eigenvalue weighted by molar-refractivity contribution is 0.574. The normalized spacial score (nSPS) is 12.3. The van der Waals surface area contributed by atoms with Gasteiger partial charge in [0.2, 0.25) is 0 Å². The third-order valence-corrected chi connectivity index (χ3v) is 4.13. The van der Waals surface area contributed by atoms with Crippen LogP contribution in [0, 0.1) is 0 Å². The van der Waals surface area contributed by atoms with E-state index in [0.29, 0.717) is 0 Å². The van der Waals surface area contributed by atoms with Gasteiger partial charge in [-0.05, 0) is 42.3 Å². The van der Waals surface area contributed by atoms with Crippen molar-refractivity contribution in [3.05, 3.63) is 76.8 Å². The SMILES string of the molecule is CC(NCc1ccc(Br)cc1)c1ccc(-n2cncn2)cc1. The van der Waals surface area contributed by atoms with E-state index in [-0.39, 0.29) is 6.04 Å². The minimum Gasteiger partial charge on any atom is -0.306 e. The topological polar surface area (TPSA) is 42.7 Å². The van der Waals surface area contributed by atoms with Gasteiger partial charge in [0.1, 0.15) is 12.7 Å². The number of nitrogens with one attached hydrogen (secondary N) is 1. The summed E-state index contributed by atoms with van der Waals surface area (Å²) in [5.74, 6) is 0. The number of hydrogen-bond acceptors (Lipinski definition) is 3. The van der Waals surface area contributed by atoms with Gasteiger partial charge >= 0.3 is 0 Å². The number of benzene rings is 2. The Bertz CT molecular complexity index is 705. The summed E-state index contributed by atoms with van der Waals surface area (Å²) in [6, 6.07) is 17.0.